The number of carbonyl (C=O) groups excluding carboxylic acids is 1. The zero-order chi connectivity index (χ0) is 9.14. The van der Waals surface area contributed by atoms with Crippen LogP contribution in [0.1, 0.15) is 20.8 Å². The molecule has 0 N–H and O–H groups in total. The Kier molecular flexibility index (Phi) is 2.74. The Bertz CT molecular complexity index is 198. The van der Waals surface area contributed by atoms with Gasteiger partial charge in [0.1, 0.15) is 12.2 Å². The van der Waals surface area contributed by atoms with Gasteiger partial charge in [-0.3, -0.25) is 4.79 Å². The number of ether oxygens (including phenoxy) is 2. The molecule has 0 bridgehead atoms. The minimum absolute atomic E-state index is 0.111. The topological polar surface area (TPSA) is 35.5 Å². The highest BCUT2D eigenvalue weighted by atomic mass is 16.5. The Morgan fingerprint density at radius 3 is 2.75 bits per heavy atom. The highest BCUT2D eigenvalue weighted by Gasteiger charge is 2.26. The van der Waals surface area contributed by atoms with Gasteiger partial charge in [-0.25, -0.2) is 0 Å². The maximum absolute atomic E-state index is 10.7. The van der Waals surface area contributed by atoms with Crippen LogP contribution in [-0.4, -0.2) is 18.2 Å². The van der Waals surface area contributed by atoms with Crippen molar-refractivity contribution >= 4 is 5.97 Å². The third-order valence-electron chi connectivity index (χ3n) is 2.12. The van der Waals surface area contributed by atoms with Crippen LogP contribution in [0.15, 0.2) is 12.3 Å². The maximum Gasteiger partial charge on any atom is 0.303 e. The van der Waals surface area contributed by atoms with Gasteiger partial charge in [-0.15, -0.1) is 0 Å². The van der Waals surface area contributed by atoms with Crippen molar-refractivity contribution in [1.29, 1.82) is 0 Å². The van der Waals surface area contributed by atoms with Gasteiger partial charge >= 0.3 is 5.97 Å². The molecule has 0 unspecified atom stereocenters. The van der Waals surface area contributed by atoms with Crippen molar-refractivity contribution in [3.05, 3.63) is 12.3 Å². The Morgan fingerprint density at radius 1 is 1.50 bits per heavy atom. The van der Waals surface area contributed by atoms with Crippen molar-refractivity contribution in [3.8, 4) is 0 Å². The largest absolute Gasteiger partial charge is 0.498 e. The first-order valence-electron chi connectivity index (χ1n) is 4.10. The zero-order valence-corrected chi connectivity index (χ0v) is 7.61. The molecule has 1 rings (SSSR count). The van der Waals surface area contributed by atoms with Gasteiger partial charge in [0, 0.05) is 12.8 Å². The quantitative estimate of drug-likeness (QED) is 0.559. The molecule has 3 heteroatoms. The first-order valence-corrected chi connectivity index (χ1v) is 4.10. The maximum atomic E-state index is 10.7. The van der Waals surface area contributed by atoms with E-state index in [0.29, 0.717) is 0 Å². The molecule has 0 saturated heterocycles. The SMILES string of the molecule is CC(=O)O[C@H]1C=CO[C@@H](C)[C@H]1C. The number of esters is 1. The highest BCUT2D eigenvalue weighted by molar-refractivity contribution is 5.66. The van der Waals surface area contributed by atoms with Gasteiger partial charge in [-0.1, -0.05) is 6.92 Å². The van der Waals surface area contributed by atoms with Gasteiger partial charge in [0.15, 0.2) is 0 Å². The molecule has 0 fully saturated rings. The second kappa shape index (κ2) is 3.61. The predicted molar refractivity (Wildman–Crippen MR) is 44.4 cm³/mol. The van der Waals surface area contributed by atoms with Crippen LogP contribution in [0.2, 0.25) is 0 Å². The van der Waals surface area contributed by atoms with E-state index in [1.165, 1.54) is 6.92 Å². The summed E-state index contributed by atoms with van der Waals surface area (Å²) in [6.45, 7) is 5.38. The van der Waals surface area contributed by atoms with Crippen molar-refractivity contribution in [3.63, 3.8) is 0 Å². The van der Waals surface area contributed by atoms with Gasteiger partial charge < -0.3 is 9.47 Å². The van der Waals surface area contributed by atoms with E-state index in [4.69, 9.17) is 9.47 Å². The average molecular weight is 170 g/mol. The fraction of sp³-hybridized carbons (Fsp3) is 0.667. The van der Waals surface area contributed by atoms with E-state index in [2.05, 4.69) is 0 Å². The zero-order valence-electron chi connectivity index (χ0n) is 7.61. The Labute approximate surface area is 72.4 Å². The lowest BCUT2D eigenvalue weighted by Crippen LogP contribution is -2.33. The molecule has 0 saturated carbocycles. The van der Waals surface area contributed by atoms with Crippen LogP contribution >= 0.6 is 0 Å². The molecule has 0 aromatic carbocycles. The second-order valence-corrected chi connectivity index (χ2v) is 3.10. The monoisotopic (exact) mass is 170 g/mol. The summed E-state index contributed by atoms with van der Waals surface area (Å²) in [6, 6.07) is 0. The summed E-state index contributed by atoms with van der Waals surface area (Å²) in [7, 11) is 0. The van der Waals surface area contributed by atoms with Crippen molar-refractivity contribution < 1.29 is 14.3 Å². The van der Waals surface area contributed by atoms with Crippen LogP contribution in [-0.2, 0) is 14.3 Å². The Hall–Kier alpha value is -0.990. The van der Waals surface area contributed by atoms with E-state index >= 15 is 0 Å². The summed E-state index contributed by atoms with van der Waals surface area (Å²) in [6.07, 6.45) is 3.34. The second-order valence-electron chi connectivity index (χ2n) is 3.10. The van der Waals surface area contributed by atoms with E-state index in [1.807, 2.05) is 13.8 Å². The lowest BCUT2D eigenvalue weighted by atomic mass is 9.97. The van der Waals surface area contributed by atoms with Crippen molar-refractivity contribution in [1.82, 2.24) is 0 Å². The average Bonchev–Trinajstić information content (AvgIpc) is 1.98. The first kappa shape index (κ1) is 9.10. The molecule has 0 radical (unpaired) electrons. The smallest absolute Gasteiger partial charge is 0.303 e. The summed E-state index contributed by atoms with van der Waals surface area (Å²) in [4.78, 5) is 10.7. The third kappa shape index (κ3) is 2.00. The van der Waals surface area contributed by atoms with E-state index in [9.17, 15) is 4.79 Å². The van der Waals surface area contributed by atoms with Gasteiger partial charge in [0.25, 0.3) is 0 Å². The van der Waals surface area contributed by atoms with Crippen molar-refractivity contribution in [2.75, 3.05) is 0 Å². The number of hydrogen-bond donors (Lipinski definition) is 0. The molecule has 0 aromatic heterocycles. The molecule has 3 atom stereocenters. The number of rotatable bonds is 1. The van der Waals surface area contributed by atoms with Crippen molar-refractivity contribution in [2.45, 2.75) is 33.0 Å². The van der Waals surface area contributed by atoms with Gasteiger partial charge in [-0.05, 0) is 13.0 Å². The molecule has 1 aliphatic heterocycles. The summed E-state index contributed by atoms with van der Waals surface area (Å²) < 4.78 is 10.3. The van der Waals surface area contributed by atoms with Crippen LogP contribution in [0.25, 0.3) is 0 Å². The van der Waals surface area contributed by atoms with Crippen LogP contribution in [0.3, 0.4) is 0 Å². The predicted octanol–water partition coefficient (Wildman–Crippen LogP) is 1.49. The fourth-order valence-corrected chi connectivity index (χ4v) is 1.15. The lowest BCUT2D eigenvalue weighted by molar-refractivity contribution is -0.148. The van der Waals surface area contributed by atoms with E-state index in [-0.39, 0.29) is 24.1 Å². The van der Waals surface area contributed by atoms with Crippen LogP contribution in [0, 0.1) is 5.92 Å². The Morgan fingerprint density at radius 2 is 2.17 bits per heavy atom. The minimum atomic E-state index is -0.245. The minimum Gasteiger partial charge on any atom is -0.498 e. The first-order chi connectivity index (χ1) is 5.61. The van der Waals surface area contributed by atoms with Crippen molar-refractivity contribution in [2.24, 2.45) is 5.92 Å². The molecular weight excluding hydrogens is 156 g/mol. The molecule has 3 nitrogen and oxygen atoms in total. The van der Waals surface area contributed by atoms with Gasteiger partial charge in [0.2, 0.25) is 0 Å². The fourth-order valence-electron chi connectivity index (χ4n) is 1.15. The third-order valence-corrected chi connectivity index (χ3v) is 2.12. The molecule has 0 aromatic rings. The van der Waals surface area contributed by atoms with Crippen LogP contribution in [0.4, 0.5) is 0 Å². The lowest BCUT2D eigenvalue weighted by Gasteiger charge is -2.29. The molecule has 12 heavy (non-hydrogen) atoms. The van der Waals surface area contributed by atoms with Crippen LogP contribution in [0.5, 0.6) is 0 Å². The number of hydrogen-bond acceptors (Lipinski definition) is 3. The molecule has 0 spiro atoms. The van der Waals surface area contributed by atoms with E-state index < -0.39 is 0 Å². The van der Waals surface area contributed by atoms with Crippen LogP contribution < -0.4 is 0 Å². The standard InChI is InChI=1S/C9H14O3/c1-6-7(2)11-5-4-9(6)12-8(3)10/h4-7,9H,1-3H3/t6-,7+,9+/m1/s1. The summed E-state index contributed by atoms with van der Waals surface area (Å²) >= 11 is 0. The summed E-state index contributed by atoms with van der Waals surface area (Å²) in [5.74, 6) is -0.0236. The van der Waals surface area contributed by atoms with Gasteiger partial charge in [-0.2, -0.15) is 0 Å². The number of carbonyl (C=O) groups is 1. The molecule has 1 heterocycles. The normalized spacial score (nSPS) is 34.1. The molecule has 68 valence electrons. The van der Waals surface area contributed by atoms with Gasteiger partial charge in [0.05, 0.1) is 6.26 Å². The van der Waals surface area contributed by atoms with E-state index in [0.717, 1.165) is 0 Å². The Balaban J connectivity index is 2.57. The molecule has 1 aliphatic rings. The molecular formula is C9H14O3. The highest BCUT2D eigenvalue weighted by Crippen LogP contribution is 2.20. The summed E-state index contributed by atoms with van der Waals surface area (Å²) in [5.41, 5.74) is 0. The molecule has 0 aliphatic carbocycles. The summed E-state index contributed by atoms with van der Waals surface area (Å²) in [5, 5.41) is 0. The van der Waals surface area contributed by atoms with E-state index in [1.54, 1.807) is 12.3 Å². The molecule has 0 amide bonds.